The van der Waals surface area contributed by atoms with Crippen LogP contribution in [0, 0.1) is 0 Å². The SMILES string of the molecule is C[N+]1(c2nc(SCC(=O)O)nc(SCC(=O)O)n2)CCOCC1. The maximum atomic E-state index is 10.7. The van der Waals surface area contributed by atoms with Gasteiger partial charge in [0.15, 0.2) is 10.3 Å². The highest BCUT2D eigenvalue weighted by Gasteiger charge is 2.32. The van der Waals surface area contributed by atoms with E-state index in [2.05, 4.69) is 15.0 Å². The number of nitrogens with zero attached hydrogens (tertiary/aromatic N) is 4. The molecular weight excluding hydrogens is 344 g/mol. The molecule has 0 aromatic carbocycles. The number of carboxylic acid groups (broad SMARTS) is 2. The molecule has 9 nitrogen and oxygen atoms in total. The first-order chi connectivity index (χ1) is 10.9. The summed E-state index contributed by atoms with van der Waals surface area (Å²) >= 11 is 1.98. The summed E-state index contributed by atoms with van der Waals surface area (Å²) in [5.41, 5.74) is 0. The van der Waals surface area contributed by atoms with Crippen LogP contribution in [0.15, 0.2) is 10.3 Å². The van der Waals surface area contributed by atoms with Gasteiger partial charge in [0, 0.05) is 0 Å². The van der Waals surface area contributed by atoms with Crippen LogP contribution in [0.3, 0.4) is 0 Å². The minimum Gasteiger partial charge on any atom is -0.481 e. The molecule has 0 atom stereocenters. The fourth-order valence-electron chi connectivity index (χ4n) is 1.90. The zero-order valence-electron chi connectivity index (χ0n) is 12.5. The van der Waals surface area contributed by atoms with Crippen molar-refractivity contribution in [3.63, 3.8) is 0 Å². The minimum atomic E-state index is -0.969. The summed E-state index contributed by atoms with van der Waals surface area (Å²) < 4.78 is 5.80. The van der Waals surface area contributed by atoms with E-state index < -0.39 is 11.9 Å². The molecule has 1 saturated heterocycles. The van der Waals surface area contributed by atoms with Crippen LogP contribution in [0.4, 0.5) is 5.95 Å². The molecule has 0 radical (unpaired) electrons. The molecular formula is C12H17N4O5S2+. The Morgan fingerprint density at radius 3 is 1.96 bits per heavy atom. The number of aromatic nitrogens is 3. The fraction of sp³-hybridized carbons (Fsp3) is 0.583. The zero-order chi connectivity index (χ0) is 16.9. The lowest BCUT2D eigenvalue weighted by Gasteiger charge is -2.34. The van der Waals surface area contributed by atoms with Crippen molar-refractivity contribution in [2.75, 3.05) is 44.9 Å². The molecule has 1 aliphatic heterocycles. The predicted octanol–water partition coefficient (Wildman–Crippen LogP) is 0.192. The molecule has 11 heteroatoms. The van der Waals surface area contributed by atoms with Crippen LogP contribution in [-0.4, -0.2) is 82.0 Å². The number of hydrogen-bond donors (Lipinski definition) is 2. The van der Waals surface area contributed by atoms with Gasteiger partial charge in [-0.2, -0.15) is 15.0 Å². The highest BCUT2D eigenvalue weighted by atomic mass is 32.2. The maximum absolute atomic E-state index is 10.7. The van der Waals surface area contributed by atoms with E-state index in [4.69, 9.17) is 14.9 Å². The summed E-state index contributed by atoms with van der Waals surface area (Å²) in [4.78, 5) is 34.3. The molecule has 23 heavy (non-hydrogen) atoms. The zero-order valence-corrected chi connectivity index (χ0v) is 14.1. The summed E-state index contributed by atoms with van der Waals surface area (Å²) in [7, 11) is 1.97. The molecule has 0 saturated carbocycles. The number of ether oxygens (including phenoxy) is 1. The fourth-order valence-corrected chi connectivity index (χ4v) is 3.05. The Hall–Kier alpha value is -1.43. The van der Waals surface area contributed by atoms with E-state index in [9.17, 15) is 9.59 Å². The molecule has 2 N–H and O–H groups in total. The first-order valence-electron chi connectivity index (χ1n) is 6.77. The highest BCUT2D eigenvalue weighted by molar-refractivity contribution is 8.00. The number of aliphatic carboxylic acids is 2. The second-order valence-electron chi connectivity index (χ2n) is 5.02. The number of carboxylic acids is 2. The molecule has 0 unspecified atom stereocenters. The van der Waals surface area contributed by atoms with Crippen LogP contribution < -0.4 is 4.48 Å². The number of hydrogen-bond acceptors (Lipinski definition) is 8. The Balaban J connectivity index is 2.27. The molecule has 0 spiro atoms. The first kappa shape index (κ1) is 17.9. The van der Waals surface area contributed by atoms with Gasteiger partial charge < -0.3 is 14.9 Å². The number of morpholine rings is 1. The Kier molecular flexibility index (Phi) is 6.16. The van der Waals surface area contributed by atoms with Crippen molar-refractivity contribution >= 4 is 41.4 Å². The van der Waals surface area contributed by atoms with Crippen molar-refractivity contribution in [1.29, 1.82) is 0 Å². The van der Waals surface area contributed by atoms with Gasteiger partial charge in [0.25, 0.3) is 0 Å². The minimum absolute atomic E-state index is 0.167. The van der Waals surface area contributed by atoms with Gasteiger partial charge in [0.1, 0.15) is 13.1 Å². The van der Waals surface area contributed by atoms with Crippen LogP contribution in [-0.2, 0) is 14.3 Å². The monoisotopic (exact) mass is 361 g/mol. The van der Waals surface area contributed by atoms with E-state index in [-0.39, 0.29) is 21.8 Å². The number of thioether (sulfide) groups is 2. The summed E-state index contributed by atoms with van der Waals surface area (Å²) in [6.45, 7) is 2.54. The molecule has 2 rings (SSSR count). The van der Waals surface area contributed by atoms with Gasteiger partial charge in [0.05, 0.1) is 31.8 Å². The van der Waals surface area contributed by atoms with E-state index in [0.717, 1.165) is 23.5 Å². The smallest absolute Gasteiger partial charge is 0.333 e. The van der Waals surface area contributed by atoms with E-state index in [1.165, 1.54) is 0 Å². The van der Waals surface area contributed by atoms with Crippen molar-refractivity contribution in [3.8, 4) is 0 Å². The molecule has 1 aliphatic rings. The number of quaternary nitrogens is 1. The molecule has 0 bridgehead atoms. The Bertz CT molecular complexity index is 559. The van der Waals surface area contributed by atoms with Crippen LogP contribution in [0.25, 0.3) is 0 Å². The summed E-state index contributed by atoms with van der Waals surface area (Å²) in [6, 6.07) is 0. The Labute approximate surface area is 141 Å². The van der Waals surface area contributed by atoms with Crippen LogP contribution >= 0.6 is 23.5 Å². The van der Waals surface area contributed by atoms with E-state index in [0.29, 0.717) is 36.7 Å². The third-order valence-electron chi connectivity index (χ3n) is 3.17. The quantitative estimate of drug-likeness (QED) is 0.514. The van der Waals surface area contributed by atoms with Gasteiger partial charge in [-0.05, 0) is 0 Å². The molecule has 1 fully saturated rings. The van der Waals surface area contributed by atoms with Gasteiger partial charge in [-0.15, -0.1) is 0 Å². The first-order valence-corrected chi connectivity index (χ1v) is 8.74. The number of likely N-dealkylation sites (N-methyl/N-ethyl adjacent to an activating group) is 1. The summed E-state index contributed by atoms with van der Waals surface area (Å²) in [6.07, 6.45) is 0. The second kappa shape index (κ2) is 7.90. The third kappa shape index (κ3) is 5.30. The molecule has 0 amide bonds. The molecule has 1 aromatic rings. The molecule has 0 aliphatic carbocycles. The normalized spacial score (nSPS) is 16.9. The predicted molar refractivity (Wildman–Crippen MR) is 84.8 cm³/mol. The van der Waals surface area contributed by atoms with Gasteiger partial charge in [-0.3, -0.25) is 14.1 Å². The van der Waals surface area contributed by atoms with Crippen LogP contribution in [0.5, 0.6) is 0 Å². The average Bonchev–Trinajstić information content (AvgIpc) is 2.51. The average molecular weight is 361 g/mol. The lowest BCUT2D eigenvalue weighted by molar-refractivity contribution is -0.134. The number of rotatable bonds is 7. The topological polar surface area (TPSA) is 123 Å². The maximum Gasteiger partial charge on any atom is 0.333 e. The molecule has 2 heterocycles. The van der Waals surface area contributed by atoms with E-state index in [1.807, 2.05) is 7.05 Å². The lowest BCUT2D eigenvalue weighted by Crippen LogP contribution is -2.54. The molecule has 126 valence electrons. The van der Waals surface area contributed by atoms with Crippen LogP contribution in [0.1, 0.15) is 0 Å². The van der Waals surface area contributed by atoms with Crippen LogP contribution in [0.2, 0.25) is 0 Å². The van der Waals surface area contributed by atoms with Crippen molar-refractivity contribution in [3.05, 3.63) is 0 Å². The van der Waals surface area contributed by atoms with Crippen molar-refractivity contribution in [2.45, 2.75) is 10.3 Å². The van der Waals surface area contributed by atoms with Crippen molar-refractivity contribution in [2.24, 2.45) is 0 Å². The van der Waals surface area contributed by atoms with Crippen molar-refractivity contribution < 1.29 is 24.5 Å². The second-order valence-corrected chi connectivity index (χ2v) is 6.91. The standard InChI is InChI=1S/C12H16N4O5S2/c1-16(2-4-21-5-3-16)10-13-11(22-6-8(17)18)15-12(14-10)23-7-9(19)20/h2-7H2,1H3,(H-,17,18,19,20)/p+1. The van der Waals surface area contributed by atoms with Gasteiger partial charge in [-0.1, -0.05) is 23.5 Å². The highest BCUT2D eigenvalue weighted by Crippen LogP contribution is 2.25. The number of carbonyl (C=O) groups is 2. The third-order valence-corrected chi connectivity index (χ3v) is 4.84. The molecule has 1 aromatic heterocycles. The van der Waals surface area contributed by atoms with Gasteiger partial charge in [-0.25, -0.2) is 0 Å². The summed E-state index contributed by atoms with van der Waals surface area (Å²) in [5.74, 6) is -1.77. The van der Waals surface area contributed by atoms with E-state index >= 15 is 0 Å². The van der Waals surface area contributed by atoms with Crippen molar-refractivity contribution in [1.82, 2.24) is 19.4 Å². The summed E-state index contributed by atoms with van der Waals surface area (Å²) in [5, 5.41) is 18.2. The lowest BCUT2D eigenvalue weighted by atomic mass is 10.4. The van der Waals surface area contributed by atoms with Gasteiger partial charge >= 0.3 is 17.9 Å². The Morgan fingerprint density at radius 1 is 1.04 bits per heavy atom. The van der Waals surface area contributed by atoms with Gasteiger partial charge in [0.2, 0.25) is 0 Å². The largest absolute Gasteiger partial charge is 0.481 e. The van der Waals surface area contributed by atoms with E-state index in [1.54, 1.807) is 0 Å². The Morgan fingerprint density at radius 2 is 1.52 bits per heavy atom.